The van der Waals surface area contributed by atoms with E-state index in [9.17, 15) is 9.18 Å². The van der Waals surface area contributed by atoms with Crippen molar-refractivity contribution in [3.63, 3.8) is 0 Å². The van der Waals surface area contributed by atoms with Crippen LogP contribution in [0.1, 0.15) is 16.8 Å². The van der Waals surface area contributed by atoms with E-state index in [0.717, 1.165) is 0 Å². The van der Waals surface area contributed by atoms with Crippen LogP contribution in [0.15, 0.2) is 36.7 Å². The van der Waals surface area contributed by atoms with Crippen molar-refractivity contribution >= 4 is 5.91 Å². The highest BCUT2D eigenvalue weighted by atomic mass is 19.1. The Balaban J connectivity index is 1.65. The zero-order valence-electron chi connectivity index (χ0n) is 13.7. The molecule has 0 N–H and O–H groups in total. The molecule has 1 aromatic heterocycles. The van der Waals surface area contributed by atoms with Crippen molar-refractivity contribution in [2.45, 2.75) is 12.0 Å². The van der Waals surface area contributed by atoms with Crippen LogP contribution in [0.5, 0.6) is 5.75 Å². The maximum absolute atomic E-state index is 13.2. The van der Waals surface area contributed by atoms with Crippen LogP contribution in [0.25, 0.3) is 0 Å². The maximum Gasteiger partial charge on any atom is 0.257 e. The van der Waals surface area contributed by atoms with Gasteiger partial charge in [-0.15, -0.1) is 0 Å². The summed E-state index contributed by atoms with van der Waals surface area (Å²) in [4.78, 5) is 14.2. The van der Waals surface area contributed by atoms with E-state index in [1.165, 1.54) is 12.1 Å². The summed E-state index contributed by atoms with van der Waals surface area (Å²) < 4.78 is 26.2. The molecule has 1 fully saturated rings. The van der Waals surface area contributed by atoms with Gasteiger partial charge in [-0.3, -0.25) is 9.48 Å². The summed E-state index contributed by atoms with van der Waals surface area (Å²) in [6.07, 6.45) is 3.90. The van der Waals surface area contributed by atoms with E-state index in [0.29, 0.717) is 30.8 Å². The lowest BCUT2D eigenvalue weighted by atomic mass is 10.0. The molecule has 2 heterocycles. The molecule has 1 aromatic carbocycles. The van der Waals surface area contributed by atoms with Gasteiger partial charge in [0.1, 0.15) is 23.8 Å². The van der Waals surface area contributed by atoms with E-state index < -0.39 is 5.60 Å². The average molecular weight is 333 g/mol. The van der Waals surface area contributed by atoms with Crippen LogP contribution in [-0.4, -0.2) is 53.0 Å². The first-order valence-corrected chi connectivity index (χ1v) is 7.73. The van der Waals surface area contributed by atoms with E-state index in [-0.39, 0.29) is 18.3 Å². The molecule has 1 amide bonds. The zero-order chi connectivity index (χ0) is 17.2. The van der Waals surface area contributed by atoms with Gasteiger partial charge in [0.15, 0.2) is 0 Å². The van der Waals surface area contributed by atoms with Crippen molar-refractivity contribution in [3.8, 4) is 5.75 Å². The number of nitrogens with zero attached hydrogens (tertiary/aromatic N) is 3. The molecule has 7 heteroatoms. The number of benzene rings is 1. The third-order valence-electron chi connectivity index (χ3n) is 4.29. The molecule has 1 aliphatic rings. The molecule has 0 aliphatic carbocycles. The molecular weight excluding hydrogens is 313 g/mol. The number of carbonyl (C=O) groups excluding carboxylic acids is 1. The van der Waals surface area contributed by atoms with Crippen molar-refractivity contribution in [2.75, 3.05) is 26.8 Å². The lowest BCUT2D eigenvalue weighted by Gasteiger charge is -2.27. The monoisotopic (exact) mass is 333 g/mol. The van der Waals surface area contributed by atoms with E-state index in [4.69, 9.17) is 9.47 Å². The van der Waals surface area contributed by atoms with Crippen LogP contribution in [0.2, 0.25) is 0 Å². The standard InChI is InChI=1S/C17H20FN3O3/c1-20-10-13(9-19-20)16(22)21-7-6-17(11-21,23-2)12-24-15-5-3-4-14(18)8-15/h3-5,8-10H,6-7,11-12H2,1-2H3. The number of ether oxygens (including phenoxy) is 2. The van der Waals surface area contributed by atoms with Gasteiger partial charge in [0.25, 0.3) is 5.91 Å². The Morgan fingerprint density at radius 2 is 2.29 bits per heavy atom. The first-order chi connectivity index (χ1) is 11.5. The van der Waals surface area contributed by atoms with E-state index in [2.05, 4.69) is 5.10 Å². The number of halogens is 1. The second-order valence-electron chi connectivity index (χ2n) is 6.01. The second kappa shape index (κ2) is 6.60. The number of likely N-dealkylation sites (tertiary alicyclic amines) is 1. The third kappa shape index (κ3) is 3.41. The Bertz CT molecular complexity index is 733. The molecule has 24 heavy (non-hydrogen) atoms. The fraction of sp³-hybridized carbons (Fsp3) is 0.412. The van der Waals surface area contributed by atoms with Crippen LogP contribution >= 0.6 is 0 Å². The normalized spacial score (nSPS) is 20.4. The molecule has 0 radical (unpaired) electrons. The summed E-state index contributed by atoms with van der Waals surface area (Å²) in [6, 6.07) is 5.98. The number of methoxy groups -OCH3 is 1. The molecule has 0 bridgehead atoms. The number of rotatable bonds is 5. The van der Waals surface area contributed by atoms with Crippen molar-refractivity contribution in [3.05, 3.63) is 48.0 Å². The SMILES string of the molecule is COC1(COc2cccc(F)c2)CCN(C(=O)c2cnn(C)c2)C1. The first kappa shape index (κ1) is 16.4. The first-order valence-electron chi connectivity index (χ1n) is 7.73. The van der Waals surface area contributed by atoms with Gasteiger partial charge in [-0.25, -0.2) is 4.39 Å². The Kier molecular flexibility index (Phi) is 4.53. The van der Waals surface area contributed by atoms with Crippen molar-refractivity contribution in [2.24, 2.45) is 7.05 Å². The molecule has 6 nitrogen and oxygen atoms in total. The van der Waals surface area contributed by atoms with Crippen LogP contribution in [-0.2, 0) is 11.8 Å². The highest BCUT2D eigenvalue weighted by Gasteiger charge is 2.41. The minimum absolute atomic E-state index is 0.0761. The number of aromatic nitrogens is 2. The molecule has 1 atom stereocenters. The number of amides is 1. The van der Waals surface area contributed by atoms with Gasteiger partial charge >= 0.3 is 0 Å². The van der Waals surface area contributed by atoms with Gasteiger partial charge in [0, 0.05) is 33.0 Å². The summed E-state index contributed by atoms with van der Waals surface area (Å²) in [5.74, 6) is 0.0232. The van der Waals surface area contributed by atoms with E-state index in [1.807, 2.05) is 0 Å². The van der Waals surface area contributed by atoms with Gasteiger partial charge in [-0.2, -0.15) is 5.10 Å². The Labute approximate surface area is 139 Å². The summed E-state index contributed by atoms with van der Waals surface area (Å²) in [6.45, 7) is 1.25. The number of hydrogen-bond acceptors (Lipinski definition) is 4. The van der Waals surface area contributed by atoms with Gasteiger partial charge in [0.2, 0.25) is 0 Å². The molecule has 128 valence electrons. The predicted molar refractivity (Wildman–Crippen MR) is 85.4 cm³/mol. The van der Waals surface area contributed by atoms with Gasteiger partial charge < -0.3 is 14.4 Å². The Morgan fingerprint density at radius 3 is 2.96 bits per heavy atom. The van der Waals surface area contributed by atoms with Crippen molar-refractivity contribution in [1.82, 2.24) is 14.7 Å². The minimum atomic E-state index is -0.593. The number of carbonyl (C=O) groups is 1. The maximum atomic E-state index is 13.2. The summed E-state index contributed by atoms with van der Waals surface area (Å²) >= 11 is 0. The van der Waals surface area contributed by atoms with Gasteiger partial charge in [0.05, 0.1) is 18.3 Å². The Morgan fingerprint density at radius 1 is 1.46 bits per heavy atom. The molecule has 2 aromatic rings. The molecule has 0 saturated carbocycles. The fourth-order valence-corrected chi connectivity index (χ4v) is 2.85. The molecule has 0 spiro atoms. The van der Waals surface area contributed by atoms with Crippen LogP contribution < -0.4 is 4.74 Å². The molecule has 3 rings (SSSR count). The molecule has 1 aliphatic heterocycles. The van der Waals surface area contributed by atoms with Crippen LogP contribution in [0.4, 0.5) is 4.39 Å². The average Bonchev–Trinajstić information content (AvgIpc) is 3.20. The third-order valence-corrected chi connectivity index (χ3v) is 4.29. The van der Waals surface area contributed by atoms with Gasteiger partial charge in [-0.1, -0.05) is 6.07 Å². The summed E-state index contributed by atoms with van der Waals surface area (Å²) in [5, 5.41) is 4.03. The highest BCUT2D eigenvalue weighted by molar-refractivity contribution is 5.94. The molecule has 1 unspecified atom stereocenters. The quantitative estimate of drug-likeness (QED) is 0.838. The topological polar surface area (TPSA) is 56.6 Å². The Hall–Kier alpha value is -2.41. The largest absolute Gasteiger partial charge is 0.490 e. The highest BCUT2D eigenvalue weighted by Crippen LogP contribution is 2.27. The van der Waals surface area contributed by atoms with Crippen molar-refractivity contribution < 1.29 is 18.7 Å². The molecule has 1 saturated heterocycles. The minimum Gasteiger partial charge on any atom is -0.490 e. The lowest BCUT2D eigenvalue weighted by molar-refractivity contribution is -0.0343. The smallest absolute Gasteiger partial charge is 0.257 e. The molecular formula is C17H20FN3O3. The summed E-state index contributed by atoms with van der Waals surface area (Å²) in [7, 11) is 3.38. The van der Waals surface area contributed by atoms with E-state index in [1.54, 1.807) is 48.3 Å². The number of hydrogen-bond donors (Lipinski definition) is 0. The summed E-state index contributed by atoms with van der Waals surface area (Å²) in [5.41, 5.74) is -0.0417. The van der Waals surface area contributed by atoms with Crippen molar-refractivity contribution in [1.29, 1.82) is 0 Å². The van der Waals surface area contributed by atoms with Crippen LogP contribution in [0.3, 0.4) is 0 Å². The number of aryl methyl sites for hydroxylation is 1. The fourth-order valence-electron chi connectivity index (χ4n) is 2.85. The second-order valence-corrected chi connectivity index (χ2v) is 6.01. The zero-order valence-corrected chi connectivity index (χ0v) is 13.7. The van der Waals surface area contributed by atoms with E-state index >= 15 is 0 Å². The van der Waals surface area contributed by atoms with Crippen LogP contribution in [0, 0.1) is 5.82 Å². The predicted octanol–water partition coefficient (Wildman–Crippen LogP) is 1.87. The lowest BCUT2D eigenvalue weighted by Crippen LogP contribution is -2.42. The van der Waals surface area contributed by atoms with Gasteiger partial charge in [-0.05, 0) is 18.6 Å².